The van der Waals surface area contributed by atoms with Crippen molar-refractivity contribution in [2.45, 2.75) is 52.1 Å². The van der Waals surface area contributed by atoms with E-state index in [-0.39, 0.29) is 0 Å². The summed E-state index contributed by atoms with van der Waals surface area (Å²) in [6.45, 7) is 8.97. The van der Waals surface area contributed by atoms with Crippen LogP contribution >= 0.6 is 0 Å². The van der Waals surface area contributed by atoms with Crippen LogP contribution in [-0.4, -0.2) is 6.04 Å². The summed E-state index contributed by atoms with van der Waals surface area (Å²) in [5.74, 6) is 0.627. The van der Waals surface area contributed by atoms with Crippen molar-refractivity contribution in [3.05, 3.63) is 34.9 Å². The third-order valence-corrected chi connectivity index (χ3v) is 3.42. The van der Waals surface area contributed by atoms with Crippen LogP contribution < -0.4 is 5.32 Å². The number of aryl methyl sites for hydroxylation is 1. The van der Waals surface area contributed by atoms with Crippen LogP contribution in [-0.2, 0) is 0 Å². The van der Waals surface area contributed by atoms with Crippen molar-refractivity contribution in [1.29, 1.82) is 0 Å². The van der Waals surface area contributed by atoms with E-state index in [0.717, 1.165) is 0 Å². The van der Waals surface area contributed by atoms with Gasteiger partial charge in [0.05, 0.1) is 0 Å². The topological polar surface area (TPSA) is 12.0 Å². The molecule has 0 aliphatic carbocycles. The molecule has 0 saturated carbocycles. The lowest BCUT2D eigenvalue weighted by Crippen LogP contribution is -2.44. The van der Waals surface area contributed by atoms with Gasteiger partial charge in [0.25, 0.3) is 0 Å². The standard InChI is InChI=1S/C14H21N/c1-9(2)12-6-5-10(3)13(8-12)14-7-11(4)15-14/h5-6,8-9,11,14-15H,7H2,1-4H3. The van der Waals surface area contributed by atoms with Gasteiger partial charge >= 0.3 is 0 Å². The molecule has 2 atom stereocenters. The van der Waals surface area contributed by atoms with Crippen LogP contribution in [0.25, 0.3) is 0 Å². The molecule has 1 heterocycles. The van der Waals surface area contributed by atoms with Gasteiger partial charge in [-0.05, 0) is 42.9 Å². The Morgan fingerprint density at radius 2 is 2.00 bits per heavy atom. The molecule has 2 unspecified atom stereocenters. The van der Waals surface area contributed by atoms with E-state index in [1.54, 1.807) is 0 Å². The first kappa shape index (κ1) is 10.7. The molecule has 2 rings (SSSR count). The molecule has 1 aromatic rings. The normalized spacial score (nSPS) is 25.4. The van der Waals surface area contributed by atoms with Gasteiger partial charge in [-0.15, -0.1) is 0 Å². The van der Waals surface area contributed by atoms with Crippen molar-refractivity contribution in [3.8, 4) is 0 Å². The maximum absolute atomic E-state index is 3.57. The minimum absolute atomic E-state index is 0.596. The molecule has 0 spiro atoms. The van der Waals surface area contributed by atoms with Crippen LogP contribution in [0.4, 0.5) is 0 Å². The van der Waals surface area contributed by atoms with Crippen LogP contribution in [0.15, 0.2) is 18.2 Å². The maximum atomic E-state index is 3.57. The first-order valence-corrected chi connectivity index (χ1v) is 5.94. The smallest absolute Gasteiger partial charge is 0.0339 e. The van der Waals surface area contributed by atoms with Crippen molar-refractivity contribution in [2.75, 3.05) is 0 Å². The molecule has 0 radical (unpaired) electrons. The molecule has 82 valence electrons. The van der Waals surface area contributed by atoms with Crippen LogP contribution in [0.3, 0.4) is 0 Å². The second-order valence-corrected chi connectivity index (χ2v) is 5.13. The Hall–Kier alpha value is -0.820. The van der Waals surface area contributed by atoms with Gasteiger partial charge in [-0.2, -0.15) is 0 Å². The largest absolute Gasteiger partial charge is 0.307 e. The summed E-state index contributed by atoms with van der Waals surface area (Å²) >= 11 is 0. The molecule has 1 aromatic carbocycles. The third kappa shape index (κ3) is 2.07. The zero-order valence-corrected chi connectivity index (χ0v) is 10.2. The summed E-state index contributed by atoms with van der Waals surface area (Å²) in [7, 11) is 0. The summed E-state index contributed by atoms with van der Waals surface area (Å²) in [6, 6.07) is 8.18. The summed E-state index contributed by atoms with van der Waals surface area (Å²) in [5, 5.41) is 3.57. The van der Waals surface area contributed by atoms with Crippen molar-refractivity contribution in [2.24, 2.45) is 0 Å². The number of nitrogens with one attached hydrogen (secondary N) is 1. The fourth-order valence-corrected chi connectivity index (χ4v) is 2.28. The van der Waals surface area contributed by atoms with E-state index < -0.39 is 0 Å². The fraction of sp³-hybridized carbons (Fsp3) is 0.571. The van der Waals surface area contributed by atoms with E-state index in [1.165, 1.54) is 23.1 Å². The lowest BCUT2D eigenvalue weighted by atomic mass is 9.87. The highest BCUT2D eigenvalue weighted by molar-refractivity contribution is 5.36. The summed E-state index contributed by atoms with van der Waals surface area (Å²) < 4.78 is 0. The number of benzene rings is 1. The quantitative estimate of drug-likeness (QED) is 0.775. The molecule has 1 aliphatic heterocycles. The Morgan fingerprint density at radius 1 is 1.33 bits per heavy atom. The highest BCUT2D eigenvalue weighted by Gasteiger charge is 2.26. The summed E-state index contributed by atoms with van der Waals surface area (Å²) in [5.41, 5.74) is 4.38. The second-order valence-electron chi connectivity index (χ2n) is 5.13. The van der Waals surface area contributed by atoms with Gasteiger partial charge in [0.15, 0.2) is 0 Å². The molecule has 0 aromatic heterocycles. The Kier molecular flexibility index (Phi) is 2.83. The van der Waals surface area contributed by atoms with Gasteiger partial charge < -0.3 is 5.32 Å². The van der Waals surface area contributed by atoms with Crippen LogP contribution in [0.2, 0.25) is 0 Å². The van der Waals surface area contributed by atoms with Gasteiger partial charge in [-0.25, -0.2) is 0 Å². The molecule has 0 amide bonds. The van der Waals surface area contributed by atoms with E-state index >= 15 is 0 Å². The monoisotopic (exact) mass is 203 g/mol. The molecule has 1 nitrogen and oxygen atoms in total. The van der Waals surface area contributed by atoms with Crippen molar-refractivity contribution in [3.63, 3.8) is 0 Å². The van der Waals surface area contributed by atoms with E-state index in [2.05, 4.69) is 51.2 Å². The van der Waals surface area contributed by atoms with Gasteiger partial charge in [-0.3, -0.25) is 0 Å². The van der Waals surface area contributed by atoms with Gasteiger partial charge in [0.2, 0.25) is 0 Å². The minimum atomic E-state index is 0.596. The highest BCUT2D eigenvalue weighted by atomic mass is 15.0. The summed E-state index contributed by atoms with van der Waals surface area (Å²) in [6.07, 6.45) is 1.28. The predicted molar refractivity (Wildman–Crippen MR) is 65.2 cm³/mol. The van der Waals surface area contributed by atoms with Crippen LogP contribution in [0, 0.1) is 6.92 Å². The van der Waals surface area contributed by atoms with E-state index in [1.807, 2.05) is 0 Å². The van der Waals surface area contributed by atoms with E-state index in [0.29, 0.717) is 18.0 Å². The molecule has 0 bridgehead atoms. The van der Waals surface area contributed by atoms with Crippen molar-refractivity contribution in [1.82, 2.24) is 5.32 Å². The number of rotatable bonds is 2. The van der Waals surface area contributed by atoms with Crippen LogP contribution in [0.5, 0.6) is 0 Å². The second kappa shape index (κ2) is 3.97. The Bertz CT molecular complexity index is 348. The highest BCUT2D eigenvalue weighted by Crippen LogP contribution is 2.31. The van der Waals surface area contributed by atoms with Crippen LogP contribution in [0.1, 0.15) is 55.8 Å². The molecule has 1 N–H and O–H groups in total. The van der Waals surface area contributed by atoms with Gasteiger partial charge in [-0.1, -0.05) is 32.0 Å². The Morgan fingerprint density at radius 3 is 2.53 bits per heavy atom. The number of hydrogen-bond donors (Lipinski definition) is 1. The van der Waals surface area contributed by atoms with E-state index in [4.69, 9.17) is 0 Å². The minimum Gasteiger partial charge on any atom is -0.307 e. The zero-order valence-electron chi connectivity index (χ0n) is 10.2. The molecule has 1 saturated heterocycles. The lowest BCUT2D eigenvalue weighted by Gasteiger charge is -2.36. The third-order valence-electron chi connectivity index (χ3n) is 3.42. The first-order chi connectivity index (χ1) is 7.08. The average Bonchev–Trinajstić information content (AvgIpc) is 2.14. The number of hydrogen-bond acceptors (Lipinski definition) is 1. The van der Waals surface area contributed by atoms with Gasteiger partial charge in [0, 0.05) is 12.1 Å². The van der Waals surface area contributed by atoms with Crippen molar-refractivity contribution >= 4 is 0 Å². The first-order valence-electron chi connectivity index (χ1n) is 5.94. The Balaban J connectivity index is 2.25. The average molecular weight is 203 g/mol. The lowest BCUT2D eigenvalue weighted by molar-refractivity contribution is 0.287. The Labute approximate surface area is 92.9 Å². The van der Waals surface area contributed by atoms with Crippen molar-refractivity contribution < 1.29 is 0 Å². The molecular formula is C14H21N. The maximum Gasteiger partial charge on any atom is 0.0339 e. The molecule has 1 aliphatic rings. The SMILES string of the molecule is Cc1ccc(C(C)C)cc1C1CC(C)N1. The van der Waals surface area contributed by atoms with Gasteiger partial charge in [0.1, 0.15) is 0 Å². The van der Waals surface area contributed by atoms with E-state index in [9.17, 15) is 0 Å². The molecule has 1 fully saturated rings. The molecule has 1 heteroatoms. The predicted octanol–water partition coefficient (Wildman–Crippen LogP) is 3.54. The molecule has 15 heavy (non-hydrogen) atoms. The molecular weight excluding hydrogens is 182 g/mol. The fourth-order valence-electron chi connectivity index (χ4n) is 2.28. The summed E-state index contributed by atoms with van der Waals surface area (Å²) in [4.78, 5) is 0. The zero-order chi connectivity index (χ0) is 11.0.